The molecule has 144 valence electrons. The maximum absolute atomic E-state index is 5.63. The van der Waals surface area contributed by atoms with Crippen LogP contribution in [0, 0.1) is 0 Å². The van der Waals surface area contributed by atoms with Crippen molar-refractivity contribution in [2.75, 3.05) is 43.9 Å². The zero-order valence-electron chi connectivity index (χ0n) is 16.1. The summed E-state index contributed by atoms with van der Waals surface area (Å²) in [5.41, 5.74) is 10.2. The summed E-state index contributed by atoms with van der Waals surface area (Å²) in [6, 6.07) is 16.7. The predicted molar refractivity (Wildman–Crippen MR) is 112 cm³/mol. The number of rotatable bonds is 5. The van der Waals surface area contributed by atoms with Crippen LogP contribution >= 0.6 is 0 Å². The third-order valence-electron chi connectivity index (χ3n) is 5.19. The van der Waals surface area contributed by atoms with Crippen LogP contribution in [0.2, 0.25) is 0 Å². The van der Waals surface area contributed by atoms with Crippen LogP contribution in [0.4, 0.5) is 11.6 Å². The Kier molecular flexibility index (Phi) is 5.39. The highest BCUT2D eigenvalue weighted by Crippen LogP contribution is 2.29. The number of nitrogens with zero attached hydrogens (tertiary/aromatic N) is 4. The van der Waals surface area contributed by atoms with E-state index in [0.29, 0.717) is 5.95 Å². The number of hydrogen-bond acceptors (Lipinski definition) is 6. The topological polar surface area (TPSA) is 67.5 Å². The number of para-hydroxylation sites is 2. The van der Waals surface area contributed by atoms with E-state index >= 15 is 0 Å². The van der Waals surface area contributed by atoms with Crippen LogP contribution in [0.3, 0.4) is 0 Å². The Balaban J connectivity index is 1.45. The number of hydrogen-bond donors (Lipinski definition) is 1. The molecule has 6 nitrogen and oxygen atoms in total. The first-order valence-electron chi connectivity index (χ1n) is 9.51. The van der Waals surface area contributed by atoms with Gasteiger partial charge in [0, 0.05) is 50.7 Å². The smallest absolute Gasteiger partial charge is 0.219 e. The quantitative estimate of drug-likeness (QED) is 0.739. The summed E-state index contributed by atoms with van der Waals surface area (Å²) in [5, 5.41) is 0. The highest BCUT2D eigenvalue weighted by atomic mass is 16.5. The number of aromatic nitrogens is 2. The summed E-state index contributed by atoms with van der Waals surface area (Å²) in [6.07, 6.45) is 3.58. The summed E-state index contributed by atoms with van der Waals surface area (Å²) in [5.74, 6) is 1.23. The average molecular weight is 375 g/mol. The number of anilines is 2. The first-order valence-corrected chi connectivity index (χ1v) is 9.51. The molecule has 1 aromatic heterocycles. The van der Waals surface area contributed by atoms with Crippen LogP contribution < -0.4 is 15.4 Å². The second-order valence-corrected chi connectivity index (χ2v) is 6.92. The molecule has 0 amide bonds. The Morgan fingerprint density at radius 3 is 2.36 bits per heavy atom. The summed E-state index contributed by atoms with van der Waals surface area (Å²) >= 11 is 0. The largest absolute Gasteiger partial charge is 0.495 e. The lowest BCUT2D eigenvalue weighted by atomic mass is 10.0. The van der Waals surface area contributed by atoms with E-state index in [4.69, 9.17) is 10.5 Å². The fourth-order valence-electron chi connectivity index (χ4n) is 3.70. The molecule has 2 N–H and O–H groups in total. The van der Waals surface area contributed by atoms with Gasteiger partial charge in [-0.15, -0.1) is 0 Å². The van der Waals surface area contributed by atoms with Crippen molar-refractivity contribution in [2.45, 2.75) is 6.54 Å². The molecule has 28 heavy (non-hydrogen) atoms. The van der Waals surface area contributed by atoms with Crippen molar-refractivity contribution in [1.29, 1.82) is 0 Å². The Hall–Kier alpha value is -3.12. The minimum absolute atomic E-state index is 0.300. The SMILES string of the molecule is COc1ccccc1N1CCN(Cc2ccccc2-c2cnc(N)nc2)CC1. The van der Waals surface area contributed by atoms with Gasteiger partial charge in [0.2, 0.25) is 5.95 Å². The van der Waals surface area contributed by atoms with E-state index in [0.717, 1.165) is 49.6 Å². The van der Waals surface area contributed by atoms with Crippen molar-refractivity contribution >= 4 is 11.6 Å². The molecule has 1 saturated heterocycles. The van der Waals surface area contributed by atoms with Gasteiger partial charge in [0.1, 0.15) is 5.75 Å². The van der Waals surface area contributed by atoms with Crippen molar-refractivity contribution in [2.24, 2.45) is 0 Å². The average Bonchev–Trinajstić information content (AvgIpc) is 2.75. The monoisotopic (exact) mass is 375 g/mol. The molecule has 2 aromatic carbocycles. The number of piperazine rings is 1. The number of nitrogen functional groups attached to an aromatic ring is 1. The van der Waals surface area contributed by atoms with Crippen molar-refractivity contribution in [1.82, 2.24) is 14.9 Å². The summed E-state index contributed by atoms with van der Waals surface area (Å²) in [7, 11) is 1.73. The van der Waals surface area contributed by atoms with E-state index in [9.17, 15) is 0 Å². The van der Waals surface area contributed by atoms with Gasteiger partial charge in [-0.3, -0.25) is 4.90 Å². The Bertz CT molecular complexity index is 920. The molecule has 1 aliphatic rings. The molecular formula is C22H25N5O. The van der Waals surface area contributed by atoms with Crippen LogP contribution in [-0.4, -0.2) is 48.2 Å². The van der Waals surface area contributed by atoms with Gasteiger partial charge in [0.25, 0.3) is 0 Å². The number of methoxy groups -OCH3 is 1. The van der Waals surface area contributed by atoms with E-state index in [1.807, 2.05) is 12.1 Å². The van der Waals surface area contributed by atoms with Crippen molar-refractivity contribution in [3.05, 3.63) is 66.5 Å². The molecule has 0 saturated carbocycles. The van der Waals surface area contributed by atoms with Gasteiger partial charge in [-0.2, -0.15) is 0 Å². The Morgan fingerprint density at radius 1 is 0.929 bits per heavy atom. The molecule has 0 bridgehead atoms. The van der Waals surface area contributed by atoms with Gasteiger partial charge in [-0.25, -0.2) is 9.97 Å². The third kappa shape index (κ3) is 3.92. The Morgan fingerprint density at radius 2 is 1.61 bits per heavy atom. The summed E-state index contributed by atoms with van der Waals surface area (Å²) in [4.78, 5) is 13.2. The molecule has 0 spiro atoms. The summed E-state index contributed by atoms with van der Waals surface area (Å²) in [6.45, 7) is 4.87. The molecule has 6 heteroatoms. The van der Waals surface area contributed by atoms with E-state index in [1.54, 1.807) is 19.5 Å². The molecule has 0 atom stereocenters. The standard InChI is InChI=1S/C22H25N5O/c1-28-21-9-5-4-8-20(21)27-12-10-26(11-13-27)16-17-6-2-3-7-19(17)18-14-24-22(23)25-15-18/h2-9,14-15H,10-13,16H2,1H3,(H2,23,24,25). The van der Waals surface area contributed by atoms with Crippen LogP contribution in [0.1, 0.15) is 5.56 Å². The maximum atomic E-state index is 5.63. The number of benzene rings is 2. The van der Waals surface area contributed by atoms with Gasteiger partial charge >= 0.3 is 0 Å². The fraction of sp³-hybridized carbons (Fsp3) is 0.273. The molecular weight excluding hydrogens is 350 g/mol. The lowest BCUT2D eigenvalue weighted by Gasteiger charge is -2.36. The first kappa shape index (κ1) is 18.3. The first-order chi connectivity index (χ1) is 13.7. The number of ether oxygens (including phenoxy) is 1. The van der Waals surface area contributed by atoms with Gasteiger partial charge in [-0.05, 0) is 23.3 Å². The lowest BCUT2D eigenvalue weighted by molar-refractivity contribution is 0.249. The van der Waals surface area contributed by atoms with Gasteiger partial charge in [-0.1, -0.05) is 36.4 Å². The molecule has 3 aromatic rings. The molecule has 0 aliphatic carbocycles. The Labute approximate surface area is 165 Å². The van der Waals surface area contributed by atoms with E-state index in [2.05, 4.69) is 56.2 Å². The highest BCUT2D eigenvalue weighted by Gasteiger charge is 2.20. The van der Waals surface area contributed by atoms with Gasteiger partial charge < -0.3 is 15.4 Å². The van der Waals surface area contributed by atoms with Crippen LogP contribution in [-0.2, 0) is 6.54 Å². The van der Waals surface area contributed by atoms with Crippen LogP contribution in [0.15, 0.2) is 60.9 Å². The fourth-order valence-corrected chi connectivity index (χ4v) is 3.70. The maximum Gasteiger partial charge on any atom is 0.219 e. The predicted octanol–water partition coefficient (Wildman–Crippen LogP) is 3.06. The van der Waals surface area contributed by atoms with Crippen LogP contribution in [0.25, 0.3) is 11.1 Å². The lowest BCUT2D eigenvalue weighted by Crippen LogP contribution is -2.46. The number of nitrogens with two attached hydrogens (primary N) is 1. The molecule has 4 rings (SSSR count). The summed E-state index contributed by atoms with van der Waals surface area (Å²) < 4.78 is 5.52. The molecule has 1 aliphatic heterocycles. The normalized spacial score (nSPS) is 14.8. The van der Waals surface area contributed by atoms with Gasteiger partial charge in [0.15, 0.2) is 0 Å². The van der Waals surface area contributed by atoms with Crippen LogP contribution in [0.5, 0.6) is 5.75 Å². The molecule has 0 radical (unpaired) electrons. The van der Waals surface area contributed by atoms with Crippen molar-refractivity contribution in [3.63, 3.8) is 0 Å². The highest BCUT2D eigenvalue weighted by molar-refractivity contribution is 5.66. The van der Waals surface area contributed by atoms with Crippen molar-refractivity contribution < 1.29 is 4.74 Å². The minimum Gasteiger partial charge on any atom is -0.495 e. The third-order valence-corrected chi connectivity index (χ3v) is 5.19. The van der Waals surface area contributed by atoms with E-state index in [1.165, 1.54) is 11.3 Å². The molecule has 0 unspecified atom stereocenters. The zero-order chi connectivity index (χ0) is 19.3. The zero-order valence-corrected chi connectivity index (χ0v) is 16.1. The second-order valence-electron chi connectivity index (χ2n) is 6.92. The molecule has 2 heterocycles. The second kappa shape index (κ2) is 8.27. The molecule has 1 fully saturated rings. The van der Waals surface area contributed by atoms with E-state index < -0.39 is 0 Å². The minimum atomic E-state index is 0.300. The van der Waals surface area contributed by atoms with Crippen molar-refractivity contribution in [3.8, 4) is 16.9 Å². The van der Waals surface area contributed by atoms with Gasteiger partial charge in [0.05, 0.1) is 12.8 Å². The van der Waals surface area contributed by atoms with E-state index in [-0.39, 0.29) is 0 Å².